The van der Waals surface area contributed by atoms with Gasteiger partial charge in [0.05, 0.1) is 5.56 Å². The molecule has 0 bridgehead atoms. The van der Waals surface area contributed by atoms with Gasteiger partial charge in [0.2, 0.25) is 0 Å². The lowest BCUT2D eigenvalue weighted by Gasteiger charge is -2.07. The molecule has 0 atom stereocenters. The summed E-state index contributed by atoms with van der Waals surface area (Å²) < 4.78 is 31.1. The van der Waals surface area contributed by atoms with E-state index in [0.29, 0.717) is 12.0 Å². The molecule has 2 aromatic rings. The quantitative estimate of drug-likeness (QED) is 0.832. The lowest BCUT2D eigenvalue weighted by Crippen LogP contribution is -2.30. The molecule has 0 aliphatic rings. The zero-order chi connectivity index (χ0) is 16.7. The molecule has 2 rings (SSSR count). The van der Waals surface area contributed by atoms with Gasteiger partial charge in [-0.15, -0.1) is 0 Å². The smallest absolute Gasteiger partial charge is 0.338 e. The topological polar surface area (TPSA) is 55.4 Å². The minimum atomic E-state index is -0.784. The number of nitrogens with one attached hydrogen (secondary N) is 1. The molecule has 0 aliphatic heterocycles. The van der Waals surface area contributed by atoms with Crippen molar-refractivity contribution in [2.75, 3.05) is 13.2 Å². The summed E-state index contributed by atoms with van der Waals surface area (Å²) in [5.74, 6) is -2.19. The van der Waals surface area contributed by atoms with E-state index >= 15 is 0 Å². The Kier molecular flexibility index (Phi) is 5.80. The Labute approximate surface area is 132 Å². The first-order chi connectivity index (χ1) is 11.1. The average molecular weight is 319 g/mol. The number of benzene rings is 2. The Hall–Kier alpha value is -2.76. The molecular weight excluding hydrogens is 304 g/mol. The first-order valence-electron chi connectivity index (χ1n) is 6.99. The number of esters is 1. The third-order valence-corrected chi connectivity index (χ3v) is 3.07. The molecule has 0 saturated carbocycles. The second-order valence-corrected chi connectivity index (χ2v) is 4.78. The van der Waals surface area contributed by atoms with E-state index in [1.54, 1.807) is 18.2 Å². The molecule has 1 amide bonds. The van der Waals surface area contributed by atoms with E-state index in [2.05, 4.69) is 5.32 Å². The van der Waals surface area contributed by atoms with E-state index in [0.717, 1.165) is 6.07 Å². The van der Waals surface area contributed by atoms with Gasteiger partial charge in [0.15, 0.2) is 6.61 Å². The predicted molar refractivity (Wildman–Crippen MR) is 79.8 cm³/mol. The van der Waals surface area contributed by atoms with Crippen molar-refractivity contribution >= 4 is 11.9 Å². The second kappa shape index (κ2) is 8.03. The SMILES string of the molecule is O=C(COC(=O)c1cccc(F)c1)NCCc1ccccc1F. The summed E-state index contributed by atoms with van der Waals surface area (Å²) in [7, 11) is 0. The van der Waals surface area contributed by atoms with Crippen LogP contribution in [0.5, 0.6) is 0 Å². The number of halogens is 2. The number of hydrogen-bond donors (Lipinski definition) is 1. The zero-order valence-electron chi connectivity index (χ0n) is 12.2. The Morgan fingerprint density at radius 3 is 2.57 bits per heavy atom. The molecule has 6 heteroatoms. The van der Waals surface area contributed by atoms with E-state index in [-0.39, 0.29) is 17.9 Å². The van der Waals surface area contributed by atoms with Crippen LogP contribution >= 0.6 is 0 Å². The third-order valence-electron chi connectivity index (χ3n) is 3.07. The third kappa shape index (κ3) is 5.18. The molecule has 23 heavy (non-hydrogen) atoms. The van der Waals surface area contributed by atoms with Crippen LogP contribution in [0, 0.1) is 11.6 Å². The number of ether oxygens (including phenoxy) is 1. The highest BCUT2D eigenvalue weighted by Gasteiger charge is 2.10. The summed E-state index contributed by atoms with van der Waals surface area (Å²) in [5.41, 5.74) is 0.522. The van der Waals surface area contributed by atoms with Crippen molar-refractivity contribution < 1.29 is 23.1 Å². The van der Waals surface area contributed by atoms with Gasteiger partial charge in [-0.05, 0) is 36.2 Å². The van der Waals surface area contributed by atoms with E-state index in [4.69, 9.17) is 4.74 Å². The van der Waals surface area contributed by atoms with Gasteiger partial charge >= 0.3 is 5.97 Å². The lowest BCUT2D eigenvalue weighted by atomic mass is 10.1. The Morgan fingerprint density at radius 1 is 1.04 bits per heavy atom. The molecule has 120 valence electrons. The van der Waals surface area contributed by atoms with Crippen LogP contribution in [0.1, 0.15) is 15.9 Å². The number of carbonyl (C=O) groups excluding carboxylic acids is 2. The van der Waals surface area contributed by atoms with Crippen LogP contribution in [-0.2, 0) is 16.0 Å². The average Bonchev–Trinajstić information content (AvgIpc) is 2.54. The number of hydrogen-bond acceptors (Lipinski definition) is 3. The van der Waals surface area contributed by atoms with E-state index in [1.165, 1.54) is 24.3 Å². The summed E-state index contributed by atoms with van der Waals surface area (Å²) in [6.07, 6.45) is 0.330. The number of amides is 1. The largest absolute Gasteiger partial charge is 0.452 e. The maximum atomic E-state index is 13.4. The molecule has 0 aliphatic carbocycles. The highest BCUT2D eigenvalue weighted by Crippen LogP contribution is 2.06. The highest BCUT2D eigenvalue weighted by atomic mass is 19.1. The summed E-state index contributed by atoms with van der Waals surface area (Å²) >= 11 is 0. The molecule has 0 spiro atoms. The van der Waals surface area contributed by atoms with Gasteiger partial charge < -0.3 is 10.1 Å². The second-order valence-electron chi connectivity index (χ2n) is 4.78. The van der Waals surface area contributed by atoms with Crippen molar-refractivity contribution in [3.63, 3.8) is 0 Å². The predicted octanol–water partition coefficient (Wildman–Crippen LogP) is 2.48. The first kappa shape index (κ1) is 16.6. The van der Waals surface area contributed by atoms with Gasteiger partial charge in [0.1, 0.15) is 11.6 Å². The van der Waals surface area contributed by atoms with Crippen molar-refractivity contribution in [2.24, 2.45) is 0 Å². The molecule has 4 nitrogen and oxygen atoms in total. The summed E-state index contributed by atoms with van der Waals surface area (Å²) in [6, 6.07) is 11.3. The van der Waals surface area contributed by atoms with Crippen LogP contribution in [0.4, 0.5) is 8.78 Å². The van der Waals surface area contributed by atoms with Crippen LogP contribution in [0.3, 0.4) is 0 Å². The van der Waals surface area contributed by atoms with Crippen LogP contribution < -0.4 is 5.32 Å². The summed E-state index contributed by atoms with van der Waals surface area (Å²) in [6.45, 7) is -0.260. The van der Waals surface area contributed by atoms with Gasteiger partial charge in [-0.25, -0.2) is 13.6 Å². The van der Waals surface area contributed by atoms with Crippen molar-refractivity contribution in [3.8, 4) is 0 Å². The van der Waals surface area contributed by atoms with Crippen molar-refractivity contribution in [3.05, 3.63) is 71.3 Å². The minimum Gasteiger partial charge on any atom is -0.452 e. The Balaban J connectivity index is 1.73. The standard InChI is InChI=1S/C17H15F2NO3/c18-14-6-3-5-13(10-14)17(22)23-11-16(21)20-9-8-12-4-1-2-7-15(12)19/h1-7,10H,8-9,11H2,(H,20,21). The zero-order valence-corrected chi connectivity index (χ0v) is 12.2. The first-order valence-corrected chi connectivity index (χ1v) is 6.99. The molecule has 0 heterocycles. The molecule has 0 fully saturated rings. The molecule has 0 aromatic heterocycles. The van der Waals surface area contributed by atoms with Gasteiger partial charge in [-0.2, -0.15) is 0 Å². The fourth-order valence-corrected chi connectivity index (χ4v) is 1.92. The van der Waals surface area contributed by atoms with Crippen LogP contribution in [0.15, 0.2) is 48.5 Å². The summed E-state index contributed by atoms with van der Waals surface area (Å²) in [5, 5.41) is 2.52. The maximum Gasteiger partial charge on any atom is 0.338 e. The fraction of sp³-hybridized carbons (Fsp3) is 0.176. The Bertz CT molecular complexity index is 704. The van der Waals surface area contributed by atoms with Crippen molar-refractivity contribution in [2.45, 2.75) is 6.42 Å². The molecular formula is C17H15F2NO3. The van der Waals surface area contributed by atoms with Crippen molar-refractivity contribution in [1.82, 2.24) is 5.32 Å². The normalized spacial score (nSPS) is 10.2. The van der Waals surface area contributed by atoms with Gasteiger partial charge in [0.25, 0.3) is 5.91 Å². The molecule has 0 saturated heterocycles. The number of carbonyl (C=O) groups is 2. The van der Waals surface area contributed by atoms with Crippen LogP contribution in [0.25, 0.3) is 0 Å². The monoisotopic (exact) mass is 319 g/mol. The van der Waals surface area contributed by atoms with E-state index < -0.39 is 24.3 Å². The number of rotatable bonds is 6. The fourth-order valence-electron chi connectivity index (χ4n) is 1.92. The maximum absolute atomic E-state index is 13.4. The molecule has 0 unspecified atom stereocenters. The van der Waals surface area contributed by atoms with E-state index in [1.807, 2.05) is 0 Å². The molecule has 0 radical (unpaired) electrons. The Morgan fingerprint density at radius 2 is 1.83 bits per heavy atom. The molecule has 1 N–H and O–H groups in total. The van der Waals surface area contributed by atoms with E-state index in [9.17, 15) is 18.4 Å². The van der Waals surface area contributed by atoms with Crippen LogP contribution in [-0.4, -0.2) is 25.0 Å². The summed E-state index contributed by atoms with van der Waals surface area (Å²) in [4.78, 5) is 23.2. The van der Waals surface area contributed by atoms with Gasteiger partial charge in [0, 0.05) is 6.54 Å². The van der Waals surface area contributed by atoms with Crippen LogP contribution in [0.2, 0.25) is 0 Å². The van der Waals surface area contributed by atoms with Gasteiger partial charge in [-0.3, -0.25) is 4.79 Å². The minimum absolute atomic E-state index is 0.0316. The van der Waals surface area contributed by atoms with Gasteiger partial charge in [-0.1, -0.05) is 24.3 Å². The lowest BCUT2D eigenvalue weighted by molar-refractivity contribution is -0.124. The molecule has 2 aromatic carbocycles. The van der Waals surface area contributed by atoms with Crippen molar-refractivity contribution in [1.29, 1.82) is 0 Å². The highest BCUT2D eigenvalue weighted by molar-refractivity contribution is 5.91.